The number of hydrogen-bond donors (Lipinski definition) is 3. The van der Waals surface area contributed by atoms with Gasteiger partial charge in [0.15, 0.2) is 0 Å². The lowest BCUT2D eigenvalue weighted by atomic mass is 10.1. The predicted molar refractivity (Wildman–Crippen MR) is 122 cm³/mol. The molecule has 0 aliphatic heterocycles. The van der Waals surface area contributed by atoms with Crippen LogP contribution >= 0.6 is 11.6 Å². The molecule has 4 rings (SSSR count). The summed E-state index contributed by atoms with van der Waals surface area (Å²) in [5.41, 5.74) is -1.16. The molecule has 0 saturated heterocycles. The second-order valence-corrected chi connectivity index (χ2v) is 8.47. The van der Waals surface area contributed by atoms with Crippen molar-refractivity contribution in [2.24, 2.45) is 0 Å². The molecule has 2 amide bonds. The van der Waals surface area contributed by atoms with Crippen LogP contribution in [0.5, 0.6) is 0 Å². The highest BCUT2D eigenvalue weighted by atomic mass is 35.5. The van der Waals surface area contributed by atoms with Gasteiger partial charge in [-0.05, 0) is 38.0 Å². The molecule has 1 aliphatic rings. The second-order valence-electron chi connectivity index (χ2n) is 8.06. The Kier molecular flexibility index (Phi) is 6.62. The first-order valence-corrected chi connectivity index (χ1v) is 10.9. The number of anilines is 2. The maximum atomic E-state index is 13.2. The molecule has 1 aromatic carbocycles. The van der Waals surface area contributed by atoms with Crippen LogP contribution in [0.25, 0.3) is 0 Å². The Morgan fingerprint density at radius 3 is 2.40 bits per heavy atom. The van der Waals surface area contributed by atoms with Crippen LogP contribution in [0.2, 0.25) is 5.02 Å². The highest BCUT2D eigenvalue weighted by molar-refractivity contribution is 6.31. The second kappa shape index (κ2) is 9.49. The number of pyridine rings is 1. The molecule has 0 radical (unpaired) electrons. The molecule has 3 N–H and O–H groups in total. The SMILES string of the molecule is Cc1ncc(C(=O)NC2(C(=O)NCc3ncc(Nc4ccccc4C(F)(F)F)cc3Cl)CC2)cn1. The van der Waals surface area contributed by atoms with Crippen molar-refractivity contribution in [3.05, 3.63) is 76.6 Å². The molecule has 0 bridgehead atoms. The molecular formula is C23H20ClF3N6O2. The molecule has 1 aliphatic carbocycles. The average molecular weight is 505 g/mol. The van der Waals surface area contributed by atoms with E-state index in [0.717, 1.165) is 6.07 Å². The summed E-state index contributed by atoms with van der Waals surface area (Å²) in [6.45, 7) is 1.67. The van der Waals surface area contributed by atoms with E-state index in [1.165, 1.54) is 42.9 Å². The highest BCUT2D eigenvalue weighted by Gasteiger charge is 2.51. The van der Waals surface area contributed by atoms with Gasteiger partial charge >= 0.3 is 6.18 Å². The van der Waals surface area contributed by atoms with Crippen LogP contribution in [0.4, 0.5) is 24.5 Å². The summed E-state index contributed by atoms with van der Waals surface area (Å²) >= 11 is 6.26. The van der Waals surface area contributed by atoms with Crippen molar-refractivity contribution in [1.82, 2.24) is 25.6 Å². The molecule has 0 atom stereocenters. The number of alkyl halides is 3. The summed E-state index contributed by atoms with van der Waals surface area (Å²) in [7, 11) is 0. The van der Waals surface area contributed by atoms with Crippen molar-refractivity contribution in [2.75, 3.05) is 5.32 Å². The molecule has 12 heteroatoms. The lowest BCUT2D eigenvalue weighted by molar-refractivity contribution is -0.137. The van der Waals surface area contributed by atoms with Crippen LogP contribution in [0, 0.1) is 6.92 Å². The summed E-state index contributed by atoms with van der Waals surface area (Å²) in [6, 6.07) is 6.48. The maximum Gasteiger partial charge on any atom is 0.418 e. The van der Waals surface area contributed by atoms with Gasteiger partial charge in [-0.3, -0.25) is 14.6 Å². The van der Waals surface area contributed by atoms with Gasteiger partial charge in [0, 0.05) is 12.4 Å². The first-order chi connectivity index (χ1) is 16.6. The van der Waals surface area contributed by atoms with E-state index in [4.69, 9.17) is 11.6 Å². The number of rotatable bonds is 7. The summed E-state index contributed by atoms with van der Waals surface area (Å²) in [5, 5.41) is 8.26. The summed E-state index contributed by atoms with van der Waals surface area (Å²) in [5.74, 6) is -0.322. The van der Waals surface area contributed by atoms with Gasteiger partial charge in [0.2, 0.25) is 5.91 Å². The fraction of sp³-hybridized carbons (Fsp3) is 0.261. The molecule has 35 heavy (non-hydrogen) atoms. The molecular weight excluding hydrogens is 485 g/mol. The van der Waals surface area contributed by atoms with Crippen LogP contribution in [0.15, 0.2) is 48.9 Å². The largest absolute Gasteiger partial charge is 0.418 e. The van der Waals surface area contributed by atoms with E-state index in [1.54, 1.807) is 6.92 Å². The van der Waals surface area contributed by atoms with Gasteiger partial charge in [-0.2, -0.15) is 13.2 Å². The van der Waals surface area contributed by atoms with Crippen molar-refractivity contribution in [2.45, 2.75) is 38.0 Å². The summed E-state index contributed by atoms with van der Waals surface area (Å²) in [4.78, 5) is 37.3. The van der Waals surface area contributed by atoms with Gasteiger partial charge in [0.1, 0.15) is 11.4 Å². The first-order valence-electron chi connectivity index (χ1n) is 10.5. The maximum absolute atomic E-state index is 13.2. The van der Waals surface area contributed by atoms with Crippen LogP contribution < -0.4 is 16.0 Å². The van der Waals surface area contributed by atoms with Gasteiger partial charge < -0.3 is 16.0 Å². The van der Waals surface area contributed by atoms with Crippen LogP contribution in [-0.2, 0) is 17.5 Å². The van der Waals surface area contributed by atoms with Gasteiger partial charge in [-0.25, -0.2) is 9.97 Å². The first kappa shape index (κ1) is 24.4. The Hall–Kier alpha value is -3.73. The summed E-state index contributed by atoms with van der Waals surface area (Å²) in [6.07, 6.45) is 0.522. The smallest absolute Gasteiger partial charge is 0.354 e. The number of amides is 2. The monoisotopic (exact) mass is 504 g/mol. The number of carbonyl (C=O) groups excluding carboxylic acids is 2. The number of carbonyl (C=O) groups is 2. The third kappa shape index (κ3) is 5.68. The Morgan fingerprint density at radius 2 is 1.77 bits per heavy atom. The zero-order valence-electron chi connectivity index (χ0n) is 18.4. The molecule has 1 fully saturated rings. The number of aryl methyl sites for hydroxylation is 1. The molecule has 2 heterocycles. The normalized spacial score (nSPS) is 14.2. The van der Waals surface area contributed by atoms with Gasteiger partial charge in [0.25, 0.3) is 5.91 Å². The van der Waals surface area contributed by atoms with Crippen LogP contribution in [0.3, 0.4) is 0 Å². The Bertz CT molecular complexity index is 1260. The van der Waals surface area contributed by atoms with Crippen molar-refractivity contribution < 1.29 is 22.8 Å². The average Bonchev–Trinajstić information content (AvgIpc) is 3.59. The molecule has 0 unspecified atom stereocenters. The number of nitrogens with zero attached hydrogens (tertiary/aromatic N) is 3. The van der Waals surface area contributed by atoms with E-state index >= 15 is 0 Å². The minimum absolute atomic E-state index is 0.0254. The highest BCUT2D eigenvalue weighted by Crippen LogP contribution is 2.37. The number of aromatic nitrogens is 3. The minimum Gasteiger partial charge on any atom is -0.354 e. The number of benzene rings is 1. The zero-order valence-corrected chi connectivity index (χ0v) is 19.2. The molecule has 1 saturated carbocycles. The van der Waals surface area contributed by atoms with Crippen molar-refractivity contribution in [1.29, 1.82) is 0 Å². The molecule has 8 nitrogen and oxygen atoms in total. The Balaban J connectivity index is 1.38. The fourth-order valence-electron chi connectivity index (χ4n) is 3.33. The topological polar surface area (TPSA) is 109 Å². The lowest BCUT2D eigenvalue weighted by Crippen LogP contribution is -2.48. The quantitative estimate of drug-likeness (QED) is 0.445. The third-order valence-electron chi connectivity index (χ3n) is 5.43. The number of nitrogens with one attached hydrogen (secondary N) is 3. The van der Waals surface area contributed by atoms with Crippen molar-refractivity contribution in [3.8, 4) is 0 Å². The van der Waals surface area contributed by atoms with Crippen LogP contribution in [0.1, 0.15) is 40.3 Å². The fourth-order valence-corrected chi connectivity index (χ4v) is 3.56. The molecule has 0 spiro atoms. The van der Waals surface area contributed by atoms with Gasteiger partial charge in [-0.1, -0.05) is 23.7 Å². The third-order valence-corrected chi connectivity index (χ3v) is 5.75. The number of hydrogen-bond acceptors (Lipinski definition) is 6. The van der Waals surface area contributed by atoms with Crippen molar-refractivity contribution >= 4 is 34.8 Å². The van der Waals surface area contributed by atoms with Crippen molar-refractivity contribution in [3.63, 3.8) is 0 Å². The summed E-state index contributed by atoms with van der Waals surface area (Å²) < 4.78 is 39.6. The lowest BCUT2D eigenvalue weighted by Gasteiger charge is -2.18. The van der Waals surface area contributed by atoms with E-state index < -0.39 is 29.1 Å². The van der Waals surface area contributed by atoms with E-state index in [-0.39, 0.29) is 28.5 Å². The van der Waals surface area contributed by atoms with E-state index in [0.29, 0.717) is 24.4 Å². The number of para-hydroxylation sites is 1. The Morgan fingerprint density at radius 1 is 1.09 bits per heavy atom. The standard InChI is InChI=1S/C23H20ClF3N6O2/c1-13-28-9-14(10-29-13)20(34)33-22(6-7-22)21(35)31-12-19-17(24)8-15(11-30-19)32-18-5-3-2-4-16(18)23(25,26)27/h2-5,8-11,32H,6-7,12H2,1H3,(H,31,35)(H,33,34). The van der Waals surface area contributed by atoms with Crippen LogP contribution in [-0.4, -0.2) is 32.3 Å². The number of halogens is 4. The van der Waals surface area contributed by atoms with E-state index in [2.05, 4.69) is 30.9 Å². The molecule has 182 valence electrons. The minimum atomic E-state index is -4.52. The zero-order chi connectivity index (χ0) is 25.2. The molecule has 2 aromatic heterocycles. The van der Waals surface area contributed by atoms with Gasteiger partial charge in [0.05, 0.1) is 46.0 Å². The van der Waals surface area contributed by atoms with E-state index in [9.17, 15) is 22.8 Å². The molecule has 3 aromatic rings. The van der Waals surface area contributed by atoms with E-state index in [1.807, 2.05) is 0 Å². The predicted octanol–water partition coefficient (Wildman–Crippen LogP) is 4.17. The Labute approximate surface area is 203 Å². The van der Waals surface area contributed by atoms with Gasteiger partial charge in [-0.15, -0.1) is 0 Å².